The van der Waals surface area contributed by atoms with Crippen molar-refractivity contribution in [2.75, 3.05) is 7.11 Å². The third-order valence-corrected chi connectivity index (χ3v) is 4.18. The molecule has 6 nitrogen and oxygen atoms in total. The Hall–Kier alpha value is -2.54. The Balaban J connectivity index is 2.13. The first kappa shape index (κ1) is 15.8. The number of methoxy groups -OCH3 is 1. The van der Waals surface area contributed by atoms with Gasteiger partial charge in [0.05, 0.1) is 18.2 Å². The van der Waals surface area contributed by atoms with Gasteiger partial charge in [-0.15, -0.1) is 0 Å². The predicted octanol–water partition coefficient (Wildman–Crippen LogP) is 2.02. The Morgan fingerprint density at radius 2 is 1.86 bits per heavy atom. The highest BCUT2D eigenvalue weighted by Gasteiger charge is 2.11. The number of rotatable bonds is 5. The highest BCUT2D eigenvalue weighted by atomic mass is 32.2. The molecule has 2 rings (SSSR count). The van der Waals surface area contributed by atoms with Crippen LogP contribution in [0.3, 0.4) is 0 Å². The monoisotopic (exact) mass is 320 g/mol. The van der Waals surface area contributed by atoms with Crippen molar-refractivity contribution in [3.05, 3.63) is 53.6 Å². The van der Waals surface area contributed by atoms with E-state index in [1.165, 1.54) is 31.5 Å². The quantitative estimate of drug-likeness (QED) is 0.652. The van der Waals surface area contributed by atoms with Gasteiger partial charge in [-0.05, 0) is 31.2 Å². The van der Waals surface area contributed by atoms with Crippen LogP contribution >= 0.6 is 0 Å². The van der Waals surface area contributed by atoms with Gasteiger partial charge in [-0.3, -0.25) is 0 Å². The van der Waals surface area contributed by atoms with Crippen molar-refractivity contribution in [1.82, 2.24) is 4.83 Å². The number of nitrogens with one attached hydrogen (secondary N) is 1. The van der Waals surface area contributed by atoms with Crippen LogP contribution < -0.4 is 9.57 Å². The van der Waals surface area contributed by atoms with Crippen LogP contribution in [0.1, 0.15) is 11.1 Å². The molecule has 0 atom stereocenters. The zero-order valence-corrected chi connectivity index (χ0v) is 13.0. The lowest BCUT2D eigenvalue weighted by atomic mass is 10.2. The first-order chi connectivity index (χ1) is 10.4. The van der Waals surface area contributed by atoms with E-state index in [1.54, 1.807) is 24.3 Å². The molecular weight excluding hydrogens is 304 g/mol. The second-order valence-electron chi connectivity index (χ2n) is 4.59. The topological polar surface area (TPSA) is 88.0 Å². The van der Waals surface area contributed by atoms with Crippen molar-refractivity contribution in [2.24, 2.45) is 5.10 Å². The van der Waals surface area contributed by atoms with E-state index in [2.05, 4.69) is 9.93 Å². The lowest BCUT2D eigenvalue weighted by Crippen LogP contribution is -2.18. The second kappa shape index (κ2) is 6.48. The van der Waals surface area contributed by atoms with Gasteiger partial charge in [-0.25, -0.2) is 4.83 Å². The average Bonchev–Trinajstić information content (AvgIpc) is 2.49. The van der Waals surface area contributed by atoms with E-state index in [0.717, 1.165) is 5.56 Å². The molecule has 0 bridgehead atoms. The number of aromatic hydroxyl groups is 1. The van der Waals surface area contributed by atoms with Crippen LogP contribution in [-0.2, 0) is 10.0 Å². The minimum Gasteiger partial charge on any atom is -0.507 e. The van der Waals surface area contributed by atoms with E-state index < -0.39 is 10.0 Å². The highest BCUT2D eigenvalue weighted by Crippen LogP contribution is 2.21. The molecule has 0 aliphatic carbocycles. The van der Waals surface area contributed by atoms with Crippen LogP contribution in [0.2, 0.25) is 0 Å². The molecule has 0 fully saturated rings. The van der Waals surface area contributed by atoms with Crippen molar-refractivity contribution in [1.29, 1.82) is 0 Å². The molecule has 0 saturated carbocycles. The summed E-state index contributed by atoms with van der Waals surface area (Å²) in [4.78, 5) is 2.22. The Kier molecular flexibility index (Phi) is 4.67. The second-order valence-corrected chi connectivity index (χ2v) is 6.25. The summed E-state index contributed by atoms with van der Waals surface area (Å²) >= 11 is 0. The van der Waals surface area contributed by atoms with Crippen molar-refractivity contribution in [2.45, 2.75) is 11.8 Å². The van der Waals surface area contributed by atoms with Crippen molar-refractivity contribution in [3.63, 3.8) is 0 Å². The molecule has 0 aliphatic rings. The first-order valence-corrected chi connectivity index (χ1v) is 7.89. The maximum absolute atomic E-state index is 12.0. The van der Waals surface area contributed by atoms with Crippen LogP contribution in [-0.4, -0.2) is 26.8 Å². The molecule has 116 valence electrons. The van der Waals surface area contributed by atoms with Gasteiger partial charge in [-0.2, -0.15) is 13.5 Å². The largest absolute Gasteiger partial charge is 0.507 e. The zero-order valence-electron chi connectivity index (χ0n) is 12.1. The standard InChI is InChI=1S/C15H16N2O4S/c1-11-3-7-14(8-4-11)22(19,20)17-16-10-12-5-6-13(21-2)9-15(12)18/h3-10,17-18H,1-2H3/b16-10+. The zero-order chi connectivity index (χ0) is 16.2. The number of hydrogen-bond acceptors (Lipinski definition) is 5. The smallest absolute Gasteiger partial charge is 0.276 e. The maximum Gasteiger partial charge on any atom is 0.276 e. The molecule has 0 unspecified atom stereocenters. The number of nitrogens with zero attached hydrogens (tertiary/aromatic N) is 1. The van der Waals surface area contributed by atoms with E-state index in [9.17, 15) is 13.5 Å². The van der Waals surface area contributed by atoms with E-state index in [-0.39, 0.29) is 10.6 Å². The van der Waals surface area contributed by atoms with Gasteiger partial charge in [-0.1, -0.05) is 17.7 Å². The van der Waals surface area contributed by atoms with Crippen LogP contribution in [0.15, 0.2) is 52.5 Å². The molecule has 7 heteroatoms. The number of phenolic OH excluding ortho intramolecular Hbond substituents is 1. The summed E-state index contributed by atoms with van der Waals surface area (Å²) in [6.45, 7) is 1.87. The molecule has 0 radical (unpaired) electrons. The predicted molar refractivity (Wildman–Crippen MR) is 83.8 cm³/mol. The van der Waals surface area contributed by atoms with Crippen LogP contribution in [0, 0.1) is 6.92 Å². The fourth-order valence-electron chi connectivity index (χ4n) is 1.70. The minimum atomic E-state index is -3.73. The van der Waals surface area contributed by atoms with Crippen LogP contribution in [0.5, 0.6) is 11.5 Å². The number of benzene rings is 2. The number of phenols is 1. The van der Waals surface area contributed by atoms with Crippen molar-refractivity contribution >= 4 is 16.2 Å². The summed E-state index contributed by atoms with van der Waals surface area (Å²) in [6, 6.07) is 11.0. The van der Waals surface area contributed by atoms with E-state index >= 15 is 0 Å². The normalized spacial score (nSPS) is 11.5. The molecule has 0 heterocycles. The number of aryl methyl sites for hydroxylation is 1. The lowest BCUT2D eigenvalue weighted by molar-refractivity contribution is 0.407. The number of hydrazone groups is 1. The van der Waals surface area contributed by atoms with Crippen LogP contribution in [0.25, 0.3) is 0 Å². The maximum atomic E-state index is 12.0. The van der Waals surface area contributed by atoms with E-state index in [0.29, 0.717) is 11.3 Å². The number of ether oxygens (including phenoxy) is 1. The van der Waals surface area contributed by atoms with Crippen molar-refractivity contribution in [3.8, 4) is 11.5 Å². The lowest BCUT2D eigenvalue weighted by Gasteiger charge is -2.04. The summed E-state index contributed by atoms with van der Waals surface area (Å²) in [6.07, 6.45) is 1.22. The fraction of sp³-hybridized carbons (Fsp3) is 0.133. The third kappa shape index (κ3) is 3.76. The van der Waals surface area contributed by atoms with Crippen LogP contribution in [0.4, 0.5) is 0 Å². The molecule has 0 saturated heterocycles. The molecule has 22 heavy (non-hydrogen) atoms. The number of sulfonamides is 1. The molecule has 0 spiro atoms. The molecular formula is C15H16N2O4S. The van der Waals surface area contributed by atoms with Gasteiger partial charge in [0.1, 0.15) is 11.5 Å². The fourth-order valence-corrected chi connectivity index (χ4v) is 2.49. The summed E-state index contributed by atoms with van der Waals surface area (Å²) in [5.74, 6) is 0.438. The SMILES string of the molecule is COc1ccc(/C=N/NS(=O)(=O)c2ccc(C)cc2)c(O)c1. The van der Waals surface area contributed by atoms with Crippen molar-refractivity contribution < 1.29 is 18.3 Å². The van der Waals surface area contributed by atoms with Gasteiger partial charge in [0.25, 0.3) is 10.0 Å². The van der Waals surface area contributed by atoms with Gasteiger partial charge < -0.3 is 9.84 Å². The van der Waals surface area contributed by atoms with E-state index in [1.807, 2.05) is 6.92 Å². The molecule has 2 aromatic rings. The first-order valence-electron chi connectivity index (χ1n) is 6.41. The van der Waals surface area contributed by atoms with Gasteiger partial charge in [0.2, 0.25) is 0 Å². The minimum absolute atomic E-state index is 0.0577. The van der Waals surface area contributed by atoms with Gasteiger partial charge in [0, 0.05) is 11.6 Å². The Morgan fingerprint density at radius 1 is 1.18 bits per heavy atom. The van der Waals surface area contributed by atoms with E-state index in [4.69, 9.17) is 4.74 Å². The summed E-state index contributed by atoms with van der Waals surface area (Å²) < 4.78 is 29.0. The Bertz CT molecular complexity index is 784. The third-order valence-electron chi connectivity index (χ3n) is 2.95. The molecule has 2 N–H and O–H groups in total. The van der Waals surface area contributed by atoms with Gasteiger partial charge in [0.15, 0.2) is 0 Å². The summed E-state index contributed by atoms with van der Waals surface area (Å²) in [5.41, 5.74) is 1.33. The molecule has 0 aromatic heterocycles. The summed E-state index contributed by atoms with van der Waals surface area (Å²) in [7, 11) is -2.24. The Morgan fingerprint density at radius 3 is 2.45 bits per heavy atom. The summed E-state index contributed by atoms with van der Waals surface area (Å²) in [5, 5.41) is 13.4. The van der Waals surface area contributed by atoms with Gasteiger partial charge >= 0.3 is 0 Å². The molecule has 0 aliphatic heterocycles. The Labute approximate surface area is 129 Å². The highest BCUT2D eigenvalue weighted by molar-refractivity contribution is 7.89. The average molecular weight is 320 g/mol. The number of hydrogen-bond donors (Lipinski definition) is 2. The molecule has 0 amide bonds. The molecule has 2 aromatic carbocycles.